The van der Waals surface area contributed by atoms with E-state index < -0.39 is 0 Å². The molecule has 0 atom stereocenters. The predicted octanol–water partition coefficient (Wildman–Crippen LogP) is 11.6. The van der Waals surface area contributed by atoms with Gasteiger partial charge in [-0.25, -0.2) is 0 Å². The van der Waals surface area contributed by atoms with Crippen molar-refractivity contribution in [2.24, 2.45) is 0 Å². The van der Waals surface area contributed by atoms with Crippen molar-refractivity contribution in [1.82, 2.24) is 29.4 Å². The van der Waals surface area contributed by atoms with Crippen molar-refractivity contribution in [2.75, 3.05) is 136 Å². The summed E-state index contributed by atoms with van der Waals surface area (Å²) in [6, 6.07) is 0. The van der Waals surface area contributed by atoms with E-state index in [-0.39, 0.29) is 0 Å². The topological polar surface area (TPSA) is 19.4 Å². The number of hydrogen-bond acceptors (Lipinski definition) is 6. The molecule has 0 aliphatic carbocycles. The zero-order valence-electron chi connectivity index (χ0n) is 36.5. The van der Waals surface area contributed by atoms with Gasteiger partial charge in [0.05, 0.1) is 0 Å². The fourth-order valence-corrected chi connectivity index (χ4v) is 8.78. The molecule has 0 N–H and O–H groups in total. The molecule has 0 rings (SSSR count). The Hall–Kier alpha value is 2.68. The highest BCUT2D eigenvalue weighted by Gasteiger charge is 2.13. The maximum atomic E-state index is 2.87. The Labute approximate surface area is 394 Å². The van der Waals surface area contributed by atoms with Crippen molar-refractivity contribution in [1.29, 1.82) is 0 Å². The summed E-state index contributed by atoms with van der Waals surface area (Å²) in [6.07, 6.45) is 23.9. The van der Waals surface area contributed by atoms with Crippen LogP contribution < -0.4 is 0 Å². The summed E-state index contributed by atoms with van der Waals surface area (Å²) in [4.78, 5) is 16.8. The Morgan fingerprint density at radius 3 is 0.519 bits per heavy atom. The lowest BCUT2D eigenvalue weighted by molar-refractivity contribution is 0.191. The van der Waals surface area contributed by atoms with Crippen LogP contribution in [0, 0.1) is 0 Å². The van der Waals surface area contributed by atoms with Crippen LogP contribution >= 0.6 is 90.4 Å². The first-order chi connectivity index (χ1) is 26.5. The quantitative estimate of drug-likeness (QED) is 0.0341. The van der Waals surface area contributed by atoms with Crippen LogP contribution in [0.5, 0.6) is 0 Å². The van der Waals surface area contributed by atoms with Gasteiger partial charge in [0.15, 0.2) is 0 Å². The molecule has 0 saturated heterocycles. The second-order valence-electron chi connectivity index (χ2n) is 15.8. The lowest BCUT2D eigenvalue weighted by Crippen LogP contribution is -2.36. The van der Waals surface area contributed by atoms with Gasteiger partial charge in [-0.1, -0.05) is 144 Å². The molecular formula is C44H92I4N6. The number of halogens is 4. The van der Waals surface area contributed by atoms with Gasteiger partial charge < -0.3 is 29.4 Å². The molecule has 326 valence electrons. The van der Waals surface area contributed by atoms with Gasteiger partial charge in [0, 0.05) is 17.7 Å². The Kier molecular flexibility index (Phi) is 47.5. The zero-order chi connectivity index (χ0) is 39.7. The summed E-state index contributed by atoms with van der Waals surface area (Å²) >= 11 is 10.2. The van der Waals surface area contributed by atoms with Crippen LogP contribution in [0.2, 0.25) is 0 Å². The van der Waals surface area contributed by atoms with Crippen LogP contribution in [0.4, 0.5) is 0 Å². The average molecular weight is 1210 g/mol. The lowest BCUT2D eigenvalue weighted by Gasteiger charge is -2.29. The number of alkyl halides is 4. The van der Waals surface area contributed by atoms with E-state index in [1.807, 2.05) is 0 Å². The Morgan fingerprint density at radius 1 is 0.204 bits per heavy atom. The van der Waals surface area contributed by atoms with Gasteiger partial charge in [0.1, 0.15) is 0 Å². The first-order valence-corrected chi connectivity index (χ1v) is 29.2. The molecule has 0 spiro atoms. The Bertz CT molecular complexity index is 585. The minimum Gasteiger partial charge on any atom is -0.303 e. The molecule has 0 aliphatic heterocycles. The average Bonchev–Trinajstić information content (AvgIpc) is 3.18. The molecule has 0 amide bonds. The number of unbranched alkanes of at least 4 members (excludes halogenated alkanes) is 5. The molecule has 10 heteroatoms. The summed E-state index contributed by atoms with van der Waals surface area (Å²) in [5.41, 5.74) is 0. The second-order valence-corrected chi connectivity index (χ2v) is 20.1. The van der Waals surface area contributed by atoms with Gasteiger partial charge in [0.25, 0.3) is 0 Å². The third-order valence-corrected chi connectivity index (χ3v) is 13.8. The van der Waals surface area contributed by atoms with Crippen LogP contribution in [0.25, 0.3) is 0 Å². The molecule has 0 unspecified atom stereocenters. The number of hydrogen-bond donors (Lipinski definition) is 0. The summed E-state index contributed by atoms with van der Waals surface area (Å²) in [5, 5.41) is 0. The summed E-state index contributed by atoms with van der Waals surface area (Å²) in [5.74, 6) is 0. The van der Waals surface area contributed by atoms with Gasteiger partial charge in [-0.15, -0.1) is 0 Å². The summed E-state index contributed by atoms with van der Waals surface area (Å²) in [7, 11) is 0. The highest BCUT2D eigenvalue weighted by atomic mass is 127. The summed E-state index contributed by atoms with van der Waals surface area (Å²) in [6.45, 7) is 32.4. The molecule has 0 saturated carbocycles. The van der Waals surface area contributed by atoms with Crippen molar-refractivity contribution >= 4 is 90.4 Å². The van der Waals surface area contributed by atoms with Crippen LogP contribution in [0.3, 0.4) is 0 Å². The smallest absolute Gasteiger partial charge is 0.000744 e. The molecule has 54 heavy (non-hydrogen) atoms. The normalized spacial score (nSPS) is 12.3. The first-order valence-electron chi connectivity index (χ1n) is 23.1. The predicted molar refractivity (Wildman–Crippen MR) is 280 cm³/mol. The molecular weight excluding hydrogens is 1120 g/mol. The third-order valence-electron chi connectivity index (χ3n) is 10.7. The number of nitrogens with zero attached hydrogens (tertiary/aromatic N) is 6. The van der Waals surface area contributed by atoms with E-state index in [9.17, 15) is 0 Å². The molecule has 0 fully saturated rings. The highest BCUT2D eigenvalue weighted by Crippen LogP contribution is 2.09. The van der Waals surface area contributed by atoms with Gasteiger partial charge >= 0.3 is 0 Å². The maximum absolute atomic E-state index is 2.87. The SMILES string of the molecule is CCCCN(CCCC)CCCN(CCCCN(CCCN(CCCI)CCCI)CCCN(CCCI)CCCI)CCCN(CCCC)CCCC. The Balaban J connectivity index is 5.42. The van der Waals surface area contributed by atoms with E-state index in [1.54, 1.807) is 0 Å². The second kappa shape index (κ2) is 45.2. The van der Waals surface area contributed by atoms with E-state index >= 15 is 0 Å². The van der Waals surface area contributed by atoms with Crippen molar-refractivity contribution in [3.8, 4) is 0 Å². The zero-order valence-corrected chi connectivity index (χ0v) is 45.1. The third kappa shape index (κ3) is 36.5. The fourth-order valence-electron chi connectivity index (χ4n) is 7.42. The van der Waals surface area contributed by atoms with E-state index in [0.29, 0.717) is 0 Å². The van der Waals surface area contributed by atoms with E-state index in [0.717, 1.165) is 0 Å². The molecule has 0 bridgehead atoms. The van der Waals surface area contributed by atoms with Crippen LogP contribution in [-0.4, -0.2) is 165 Å². The van der Waals surface area contributed by atoms with Gasteiger partial charge in [-0.3, -0.25) is 0 Å². The van der Waals surface area contributed by atoms with Gasteiger partial charge in [-0.2, -0.15) is 0 Å². The van der Waals surface area contributed by atoms with E-state index in [4.69, 9.17) is 0 Å². The standard InChI is InChI=1S/C44H92I4N6/c1-5-9-27-49(28-10-6-2)37-19-39-51(40-20-38-50(29-11-7-3)30-12-8-4)31-13-14-32-52(41-21-43-53(33-15-23-45)34-16-24-46)42-22-44-54(35-17-25-47)36-18-26-48/h5-44H2,1-4H3. The van der Waals surface area contributed by atoms with Crippen molar-refractivity contribution in [3.05, 3.63) is 0 Å². The maximum Gasteiger partial charge on any atom is 0.000744 e. The summed E-state index contributed by atoms with van der Waals surface area (Å²) < 4.78 is 5.11. The van der Waals surface area contributed by atoms with Crippen molar-refractivity contribution in [2.45, 2.75) is 143 Å². The van der Waals surface area contributed by atoms with Crippen LogP contribution in [0.1, 0.15) is 143 Å². The monoisotopic (exact) mass is 1210 g/mol. The Morgan fingerprint density at radius 2 is 0.352 bits per heavy atom. The van der Waals surface area contributed by atoms with Crippen LogP contribution in [-0.2, 0) is 0 Å². The van der Waals surface area contributed by atoms with E-state index in [2.05, 4.69) is 147 Å². The largest absolute Gasteiger partial charge is 0.303 e. The van der Waals surface area contributed by atoms with Gasteiger partial charge in [-0.05, 0) is 208 Å². The number of rotatable bonds is 45. The van der Waals surface area contributed by atoms with E-state index in [1.165, 1.54) is 251 Å². The molecule has 6 nitrogen and oxygen atoms in total. The molecule has 0 heterocycles. The van der Waals surface area contributed by atoms with Crippen LogP contribution in [0.15, 0.2) is 0 Å². The van der Waals surface area contributed by atoms with Crippen molar-refractivity contribution < 1.29 is 0 Å². The minimum absolute atomic E-state index is 1.27. The highest BCUT2D eigenvalue weighted by molar-refractivity contribution is 14.1. The minimum atomic E-state index is 1.27. The molecule has 0 aromatic heterocycles. The molecule has 0 aromatic rings. The van der Waals surface area contributed by atoms with Crippen molar-refractivity contribution in [3.63, 3.8) is 0 Å². The molecule has 0 aromatic carbocycles. The van der Waals surface area contributed by atoms with Gasteiger partial charge in [0.2, 0.25) is 0 Å². The first kappa shape index (κ1) is 56.7. The lowest BCUT2D eigenvalue weighted by atomic mass is 10.2. The molecule has 0 radical (unpaired) electrons. The molecule has 0 aliphatic rings. The fraction of sp³-hybridized carbons (Fsp3) is 1.00.